The number of hydrogen-bond donors (Lipinski definition) is 0. The van der Waals surface area contributed by atoms with Crippen molar-refractivity contribution in [3.05, 3.63) is 59.9 Å². The highest BCUT2D eigenvalue weighted by Crippen LogP contribution is 2.28. The standard InChI is InChI=1S/C25H26FN5OS/c26-19-12-10-18(11-13-19)17-31-21-8-2-1-7-20(21)23-24(31)27-25(29-28-23)33-16-6-3-9-22(32)30-14-4-5-15-30/h1-2,7-8,10-13H,3-6,9,14-17H2. The molecule has 33 heavy (non-hydrogen) atoms. The first-order chi connectivity index (χ1) is 16.2. The van der Waals surface area contributed by atoms with Crippen LogP contribution >= 0.6 is 11.8 Å². The van der Waals surface area contributed by atoms with E-state index >= 15 is 0 Å². The molecule has 3 heterocycles. The first kappa shape index (κ1) is 21.8. The van der Waals surface area contributed by atoms with Crippen molar-refractivity contribution in [2.45, 2.75) is 43.8 Å². The van der Waals surface area contributed by atoms with Gasteiger partial charge in [-0.15, -0.1) is 10.2 Å². The van der Waals surface area contributed by atoms with Gasteiger partial charge >= 0.3 is 0 Å². The monoisotopic (exact) mass is 463 g/mol. The number of nitrogens with zero attached hydrogens (tertiary/aromatic N) is 5. The normalized spacial score (nSPS) is 13.9. The molecule has 1 amide bonds. The number of thioether (sulfide) groups is 1. The van der Waals surface area contributed by atoms with Gasteiger partial charge in [0.2, 0.25) is 11.1 Å². The second-order valence-electron chi connectivity index (χ2n) is 8.39. The number of benzene rings is 2. The minimum atomic E-state index is -0.245. The number of carbonyl (C=O) groups excluding carboxylic acids is 1. The van der Waals surface area contributed by atoms with Crippen LogP contribution < -0.4 is 0 Å². The first-order valence-electron chi connectivity index (χ1n) is 11.5. The Morgan fingerprint density at radius 2 is 1.79 bits per heavy atom. The van der Waals surface area contributed by atoms with E-state index in [9.17, 15) is 9.18 Å². The first-order valence-corrected chi connectivity index (χ1v) is 12.4. The van der Waals surface area contributed by atoms with E-state index in [1.54, 1.807) is 23.9 Å². The molecule has 0 unspecified atom stereocenters. The largest absolute Gasteiger partial charge is 0.343 e. The Balaban J connectivity index is 1.29. The molecule has 1 saturated heterocycles. The molecule has 0 radical (unpaired) electrons. The molecule has 1 aliphatic rings. The van der Waals surface area contributed by atoms with Gasteiger partial charge in [0.25, 0.3) is 0 Å². The van der Waals surface area contributed by atoms with E-state index < -0.39 is 0 Å². The lowest BCUT2D eigenvalue weighted by molar-refractivity contribution is -0.130. The summed E-state index contributed by atoms with van der Waals surface area (Å²) in [7, 11) is 0. The maximum atomic E-state index is 13.4. The van der Waals surface area contributed by atoms with Gasteiger partial charge in [-0.2, -0.15) is 0 Å². The lowest BCUT2D eigenvalue weighted by Gasteiger charge is -2.14. The molecule has 0 aliphatic carbocycles. The maximum Gasteiger partial charge on any atom is 0.222 e. The number of fused-ring (bicyclic) bond motifs is 3. The van der Waals surface area contributed by atoms with E-state index in [2.05, 4.69) is 14.8 Å². The molecule has 0 spiro atoms. The van der Waals surface area contributed by atoms with Gasteiger partial charge in [0.15, 0.2) is 5.65 Å². The fourth-order valence-corrected chi connectivity index (χ4v) is 5.13. The number of hydrogen-bond acceptors (Lipinski definition) is 5. The maximum absolute atomic E-state index is 13.4. The van der Waals surface area contributed by atoms with Crippen LogP contribution in [0.1, 0.15) is 37.7 Å². The third-order valence-corrected chi connectivity index (χ3v) is 7.01. The molecule has 2 aromatic heterocycles. The van der Waals surface area contributed by atoms with Crippen LogP contribution in [-0.2, 0) is 11.3 Å². The van der Waals surface area contributed by atoms with Crippen molar-refractivity contribution in [2.75, 3.05) is 18.8 Å². The second kappa shape index (κ2) is 9.87. The highest BCUT2D eigenvalue weighted by Gasteiger charge is 2.17. The summed E-state index contributed by atoms with van der Waals surface area (Å²) in [5, 5.41) is 10.5. The fourth-order valence-electron chi connectivity index (χ4n) is 4.35. The summed E-state index contributed by atoms with van der Waals surface area (Å²) in [6.45, 7) is 2.41. The number of likely N-dealkylation sites (tertiary alicyclic amines) is 1. The van der Waals surface area contributed by atoms with E-state index in [-0.39, 0.29) is 11.7 Å². The van der Waals surface area contributed by atoms with Gasteiger partial charge in [-0.3, -0.25) is 4.79 Å². The summed E-state index contributed by atoms with van der Waals surface area (Å²) in [5.41, 5.74) is 3.58. The molecule has 1 aliphatic heterocycles. The predicted molar refractivity (Wildman–Crippen MR) is 129 cm³/mol. The van der Waals surface area contributed by atoms with Crippen molar-refractivity contribution in [1.29, 1.82) is 0 Å². The lowest BCUT2D eigenvalue weighted by atomic mass is 10.2. The Morgan fingerprint density at radius 1 is 1.00 bits per heavy atom. The lowest BCUT2D eigenvalue weighted by Crippen LogP contribution is -2.27. The molecule has 2 aromatic carbocycles. The van der Waals surface area contributed by atoms with E-state index in [1.165, 1.54) is 12.1 Å². The number of rotatable bonds is 8. The molecule has 6 nitrogen and oxygen atoms in total. The fraction of sp³-hybridized carbons (Fsp3) is 0.360. The van der Waals surface area contributed by atoms with Gasteiger partial charge in [-0.05, 0) is 49.4 Å². The van der Waals surface area contributed by atoms with E-state index in [0.717, 1.165) is 72.2 Å². The van der Waals surface area contributed by atoms with E-state index in [4.69, 9.17) is 4.98 Å². The Morgan fingerprint density at radius 3 is 2.61 bits per heavy atom. The molecule has 4 aromatic rings. The van der Waals surface area contributed by atoms with Crippen LogP contribution in [0, 0.1) is 5.82 Å². The summed E-state index contributed by atoms with van der Waals surface area (Å²) in [4.78, 5) is 19.0. The molecule has 170 valence electrons. The molecular formula is C25H26FN5OS. The molecule has 0 N–H and O–H groups in total. The summed E-state index contributed by atoms with van der Waals surface area (Å²) in [6, 6.07) is 14.6. The average molecular weight is 464 g/mol. The summed E-state index contributed by atoms with van der Waals surface area (Å²) >= 11 is 1.57. The minimum absolute atomic E-state index is 0.245. The molecule has 5 rings (SSSR count). The van der Waals surface area contributed by atoms with Gasteiger partial charge < -0.3 is 9.47 Å². The minimum Gasteiger partial charge on any atom is -0.343 e. The summed E-state index contributed by atoms with van der Waals surface area (Å²) in [6.07, 6.45) is 4.69. The molecule has 0 atom stereocenters. The van der Waals surface area contributed by atoms with Gasteiger partial charge in [0.05, 0.1) is 5.52 Å². The zero-order chi connectivity index (χ0) is 22.6. The number of aromatic nitrogens is 4. The number of para-hydroxylation sites is 1. The van der Waals surface area contributed by atoms with Crippen molar-refractivity contribution >= 4 is 39.7 Å². The predicted octanol–water partition coefficient (Wildman–Crippen LogP) is 5.05. The number of halogens is 1. The summed E-state index contributed by atoms with van der Waals surface area (Å²) in [5.74, 6) is 0.881. The Labute approximate surface area is 196 Å². The average Bonchev–Trinajstić information content (AvgIpc) is 3.48. The van der Waals surface area contributed by atoms with Crippen molar-refractivity contribution in [2.24, 2.45) is 0 Å². The highest BCUT2D eigenvalue weighted by atomic mass is 32.2. The van der Waals surface area contributed by atoms with Crippen molar-refractivity contribution in [1.82, 2.24) is 24.6 Å². The number of carbonyl (C=O) groups is 1. The van der Waals surface area contributed by atoms with Gasteiger partial charge in [-0.25, -0.2) is 9.37 Å². The molecule has 0 saturated carbocycles. The Bertz CT molecular complexity index is 1270. The van der Waals surface area contributed by atoms with Crippen LogP contribution in [0.2, 0.25) is 0 Å². The Hall–Kier alpha value is -3.00. The van der Waals surface area contributed by atoms with Crippen molar-refractivity contribution in [3.8, 4) is 0 Å². The van der Waals surface area contributed by atoms with Crippen LogP contribution in [0.3, 0.4) is 0 Å². The third-order valence-electron chi connectivity index (χ3n) is 6.08. The van der Waals surface area contributed by atoms with Crippen LogP contribution in [0.5, 0.6) is 0 Å². The number of unbranched alkanes of at least 4 members (excludes halogenated alkanes) is 1. The molecular weight excluding hydrogens is 437 g/mol. The van der Waals surface area contributed by atoms with Crippen LogP contribution in [-0.4, -0.2) is 49.4 Å². The van der Waals surface area contributed by atoms with Crippen LogP contribution in [0.4, 0.5) is 4.39 Å². The van der Waals surface area contributed by atoms with Crippen molar-refractivity contribution in [3.63, 3.8) is 0 Å². The zero-order valence-electron chi connectivity index (χ0n) is 18.4. The highest BCUT2D eigenvalue weighted by molar-refractivity contribution is 7.99. The van der Waals surface area contributed by atoms with E-state index in [0.29, 0.717) is 18.1 Å². The van der Waals surface area contributed by atoms with Crippen LogP contribution in [0.15, 0.2) is 53.7 Å². The van der Waals surface area contributed by atoms with Crippen LogP contribution in [0.25, 0.3) is 22.1 Å². The third kappa shape index (κ3) is 4.85. The zero-order valence-corrected chi connectivity index (χ0v) is 19.2. The number of amides is 1. The quantitative estimate of drug-likeness (QED) is 0.270. The topological polar surface area (TPSA) is 63.9 Å². The molecule has 0 bridgehead atoms. The smallest absolute Gasteiger partial charge is 0.222 e. The molecule has 8 heteroatoms. The van der Waals surface area contributed by atoms with E-state index in [1.807, 2.05) is 29.2 Å². The van der Waals surface area contributed by atoms with Crippen molar-refractivity contribution < 1.29 is 9.18 Å². The van der Waals surface area contributed by atoms with Gasteiger partial charge in [0, 0.05) is 37.2 Å². The van der Waals surface area contributed by atoms with Gasteiger partial charge in [0.1, 0.15) is 11.3 Å². The SMILES string of the molecule is O=C(CCCCSc1nnc2c3ccccc3n(Cc3ccc(F)cc3)c2n1)N1CCCC1. The summed E-state index contributed by atoms with van der Waals surface area (Å²) < 4.78 is 15.5. The Kier molecular flexibility index (Phi) is 6.53. The molecule has 1 fully saturated rings. The van der Waals surface area contributed by atoms with Gasteiger partial charge in [-0.1, -0.05) is 42.1 Å². The second-order valence-corrected chi connectivity index (χ2v) is 9.45.